The summed E-state index contributed by atoms with van der Waals surface area (Å²) in [5, 5.41) is 3.47. The van der Waals surface area contributed by atoms with E-state index in [9.17, 15) is 4.79 Å². The summed E-state index contributed by atoms with van der Waals surface area (Å²) in [5.41, 5.74) is 2.14. The molecule has 0 amide bonds. The van der Waals surface area contributed by atoms with Gasteiger partial charge in [0.2, 0.25) is 0 Å². The van der Waals surface area contributed by atoms with Gasteiger partial charge in [0, 0.05) is 29.1 Å². The molecule has 0 unspecified atom stereocenters. The highest BCUT2D eigenvalue weighted by Crippen LogP contribution is 2.21. The molecule has 0 radical (unpaired) electrons. The van der Waals surface area contributed by atoms with Crippen LogP contribution in [0.25, 0.3) is 0 Å². The summed E-state index contributed by atoms with van der Waals surface area (Å²) >= 11 is 3.90. The monoisotopic (exact) mass is 311 g/mol. The lowest BCUT2D eigenvalue weighted by molar-refractivity contribution is -0.143. The third kappa shape index (κ3) is 4.43. The molecular weight excluding hydrogens is 290 g/mol. The van der Waals surface area contributed by atoms with E-state index in [1.165, 1.54) is 18.6 Å². The predicted octanol–water partition coefficient (Wildman–Crippen LogP) is 2.65. The van der Waals surface area contributed by atoms with Gasteiger partial charge in [-0.2, -0.15) is 23.5 Å². The van der Waals surface area contributed by atoms with Crippen molar-refractivity contribution in [3.63, 3.8) is 0 Å². The number of ether oxygens (including phenoxy) is 1. The molecule has 5 heteroatoms. The minimum Gasteiger partial charge on any atom is -0.468 e. The summed E-state index contributed by atoms with van der Waals surface area (Å²) < 4.78 is 4.96. The Morgan fingerprint density at radius 3 is 2.65 bits per heavy atom. The SMILES string of the molecule is COC(=O)[C@H](NC1CSCCSC1)c1cccc(C)c1. The summed E-state index contributed by atoms with van der Waals surface area (Å²) in [6.07, 6.45) is 0. The number of esters is 1. The van der Waals surface area contributed by atoms with Crippen LogP contribution in [0, 0.1) is 6.92 Å². The van der Waals surface area contributed by atoms with Gasteiger partial charge in [-0.1, -0.05) is 29.8 Å². The Hall–Kier alpha value is -0.650. The van der Waals surface area contributed by atoms with Crippen LogP contribution in [-0.2, 0) is 9.53 Å². The van der Waals surface area contributed by atoms with E-state index in [1.807, 2.05) is 54.7 Å². The molecule has 0 saturated carbocycles. The number of carbonyl (C=O) groups excluding carboxylic acids is 1. The highest BCUT2D eigenvalue weighted by molar-refractivity contribution is 8.03. The van der Waals surface area contributed by atoms with E-state index in [0.717, 1.165) is 22.6 Å². The number of methoxy groups -OCH3 is 1. The molecule has 1 aromatic rings. The van der Waals surface area contributed by atoms with Crippen LogP contribution in [0.4, 0.5) is 0 Å². The average molecular weight is 311 g/mol. The molecule has 1 aromatic carbocycles. The largest absolute Gasteiger partial charge is 0.468 e. The van der Waals surface area contributed by atoms with Gasteiger partial charge in [-0.15, -0.1) is 0 Å². The van der Waals surface area contributed by atoms with Crippen molar-refractivity contribution in [1.82, 2.24) is 5.32 Å². The molecule has 1 fully saturated rings. The van der Waals surface area contributed by atoms with Gasteiger partial charge in [-0.05, 0) is 12.5 Å². The molecule has 20 heavy (non-hydrogen) atoms. The van der Waals surface area contributed by atoms with E-state index in [0.29, 0.717) is 6.04 Å². The van der Waals surface area contributed by atoms with Gasteiger partial charge in [0.15, 0.2) is 0 Å². The third-order valence-electron chi connectivity index (χ3n) is 3.22. The van der Waals surface area contributed by atoms with Crippen molar-refractivity contribution in [3.8, 4) is 0 Å². The van der Waals surface area contributed by atoms with Crippen LogP contribution in [0.3, 0.4) is 0 Å². The summed E-state index contributed by atoms with van der Waals surface area (Å²) in [7, 11) is 1.45. The molecule has 0 aliphatic carbocycles. The zero-order valence-corrected chi connectivity index (χ0v) is 13.6. The Labute approximate surface area is 129 Å². The maximum atomic E-state index is 12.1. The van der Waals surface area contributed by atoms with E-state index < -0.39 is 0 Å². The van der Waals surface area contributed by atoms with Crippen molar-refractivity contribution in [3.05, 3.63) is 35.4 Å². The van der Waals surface area contributed by atoms with Gasteiger partial charge in [-0.3, -0.25) is 5.32 Å². The second-order valence-electron chi connectivity index (χ2n) is 4.88. The van der Waals surface area contributed by atoms with E-state index in [-0.39, 0.29) is 12.0 Å². The number of nitrogens with one attached hydrogen (secondary N) is 1. The summed E-state index contributed by atoms with van der Waals surface area (Å²) in [5.74, 6) is 4.26. The maximum absolute atomic E-state index is 12.1. The number of aryl methyl sites for hydroxylation is 1. The number of benzene rings is 1. The van der Waals surface area contributed by atoms with Gasteiger partial charge in [0.05, 0.1) is 7.11 Å². The number of thioether (sulfide) groups is 2. The lowest BCUT2D eigenvalue weighted by atomic mass is 10.0. The average Bonchev–Trinajstić information content (AvgIpc) is 2.72. The lowest BCUT2D eigenvalue weighted by Gasteiger charge is -2.23. The summed E-state index contributed by atoms with van der Waals surface area (Å²) in [4.78, 5) is 12.1. The number of hydrogen-bond donors (Lipinski definition) is 1. The van der Waals surface area contributed by atoms with Crippen LogP contribution in [0.1, 0.15) is 17.2 Å². The normalized spacial score (nSPS) is 18.3. The second-order valence-corrected chi connectivity index (χ2v) is 7.18. The maximum Gasteiger partial charge on any atom is 0.327 e. The number of carbonyl (C=O) groups is 1. The fourth-order valence-corrected chi connectivity index (χ4v) is 4.64. The van der Waals surface area contributed by atoms with Gasteiger partial charge in [0.1, 0.15) is 6.04 Å². The molecule has 1 aliphatic heterocycles. The highest BCUT2D eigenvalue weighted by Gasteiger charge is 2.25. The Bertz CT molecular complexity index is 445. The molecule has 0 aromatic heterocycles. The molecule has 0 bridgehead atoms. The van der Waals surface area contributed by atoms with Crippen molar-refractivity contribution in [2.45, 2.75) is 19.0 Å². The van der Waals surface area contributed by atoms with Gasteiger partial charge >= 0.3 is 5.97 Å². The van der Waals surface area contributed by atoms with Gasteiger partial charge in [-0.25, -0.2) is 4.79 Å². The van der Waals surface area contributed by atoms with E-state index in [1.54, 1.807) is 0 Å². The van der Waals surface area contributed by atoms with Crippen LogP contribution in [-0.4, -0.2) is 42.1 Å². The minimum atomic E-state index is -0.371. The molecule has 3 nitrogen and oxygen atoms in total. The zero-order valence-electron chi connectivity index (χ0n) is 11.9. The first-order valence-electron chi connectivity index (χ1n) is 6.76. The predicted molar refractivity (Wildman–Crippen MR) is 87.5 cm³/mol. The molecule has 1 atom stereocenters. The zero-order chi connectivity index (χ0) is 14.4. The second kappa shape index (κ2) is 7.96. The standard InChI is InChI=1S/C15H21NO2S2/c1-11-4-3-5-12(8-11)14(15(17)18-2)16-13-9-19-6-7-20-10-13/h3-5,8,13-14,16H,6-7,9-10H2,1-2H3/t14-/m1/s1. The van der Waals surface area contributed by atoms with Gasteiger partial charge < -0.3 is 4.74 Å². The topological polar surface area (TPSA) is 38.3 Å². The summed E-state index contributed by atoms with van der Waals surface area (Å²) in [6.45, 7) is 2.04. The summed E-state index contributed by atoms with van der Waals surface area (Å²) in [6, 6.07) is 8.03. The van der Waals surface area contributed by atoms with Crippen molar-refractivity contribution in [1.29, 1.82) is 0 Å². The number of hydrogen-bond acceptors (Lipinski definition) is 5. The quantitative estimate of drug-likeness (QED) is 0.866. The Balaban J connectivity index is 2.12. The molecule has 0 spiro atoms. The minimum absolute atomic E-state index is 0.213. The third-order valence-corrected chi connectivity index (χ3v) is 5.74. The van der Waals surface area contributed by atoms with Crippen molar-refractivity contribution in [2.75, 3.05) is 30.1 Å². The fraction of sp³-hybridized carbons (Fsp3) is 0.533. The molecule has 1 heterocycles. The van der Waals surface area contributed by atoms with Crippen LogP contribution >= 0.6 is 23.5 Å². The van der Waals surface area contributed by atoms with Crippen LogP contribution in [0.15, 0.2) is 24.3 Å². The first-order valence-corrected chi connectivity index (χ1v) is 9.07. The lowest BCUT2D eigenvalue weighted by Crippen LogP contribution is -2.40. The van der Waals surface area contributed by atoms with E-state index in [2.05, 4.69) is 5.32 Å². The van der Waals surface area contributed by atoms with E-state index in [4.69, 9.17) is 4.74 Å². The van der Waals surface area contributed by atoms with Crippen LogP contribution in [0.2, 0.25) is 0 Å². The van der Waals surface area contributed by atoms with Crippen molar-refractivity contribution < 1.29 is 9.53 Å². The van der Waals surface area contributed by atoms with Crippen LogP contribution in [0.5, 0.6) is 0 Å². The first kappa shape index (κ1) is 15.7. The van der Waals surface area contributed by atoms with E-state index >= 15 is 0 Å². The molecule has 1 aliphatic rings. The number of rotatable bonds is 4. The van der Waals surface area contributed by atoms with Crippen LogP contribution < -0.4 is 5.32 Å². The molecular formula is C15H21NO2S2. The molecule has 1 saturated heterocycles. The Morgan fingerprint density at radius 1 is 1.35 bits per heavy atom. The Morgan fingerprint density at radius 2 is 2.05 bits per heavy atom. The van der Waals surface area contributed by atoms with Crippen molar-refractivity contribution in [2.24, 2.45) is 0 Å². The van der Waals surface area contributed by atoms with Gasteiger partial charge in [0.25, 0.3) is 0 Å². The van der Waals surface area contributed by atoms with Crippen molar-refractivity contribution >= 4 is 29.5 Å². The molecule has 110 valence electrons. The molecule has 2 rings (SSSR count). The fourth-order valence-electron chi connectivity index (χ4n) is 2.22. The first-order chi connectivity index (χ1) is 9.70. The smallest absolute Gasteiger partial charge is 0.327 e. The molecule has 1 N–H and O–H groups in total. The highest BCUT2D eigenvalue weighted by atomic mass is 32.2. The Kier molecular flexibility index (Phi) is 6.26.